The van der Waals surface area contributed by atoms with E-state index in [9.17, 15) is 14.9 Å². The molecule has 12 heteroatoms. The molecule has 0 spiro atoms. The van der Waals surface area contributed by atoms with Crippen LogP contribution < -0.4 is 0 Å². The fraction of sp³-hybridized carbons (Fsp3) is 0.571. The first-order valence-electron chi connectivity index (χ1n) is 10.7. The van der Waals surface area contributed by atoms with Gasteiger partial charge in [0, 0.05) is 30.9 Å². The zero-order valence-electron chi connectivity index (χ0n) is 19.5. The zero-order chi connectivity index (χ0) is 24.2. The predicted molar refractivity (Wildman–Crippen MR) is 131 cm³/mol. The van der Waals surface area contributed by atoms with E-state index in [1.807, 2.05) is 0 Å². The molecule has 9 nitrogen and oxygen atoms in total. The fourth-order valence-electron chi connectivity index (χ4n) is 3.83. The van der Waals surface area contributed by atoms with Crippen LogP contribution in [0.15, 0.2) is 34.1 Å². The van der Waals surface area contributed by atoms with Gasteiger partial charge in [-0.3, -0.25) is 15.0 Å². The zero-order valence-corrected chi connectivity index (χ0v) is 22.3. The summed E-state index contributed by atoms with van der Waals surface area (Å²) in [6.45, 7) is 11.3. The molecule has 0 radical (unpaired) electrons. The summed E-state index contributed by atoms with van der Waals surface area (Å²) in [5.74, 6) is 0.791. The summed E-state index contributed by atoms with van der Waals surface area (Å²) in [6.07, 6.45) is 0.285. The summed E-state index contributed by atoms with van der Waals surface area (Å²) in [4.78, 5) is 25.5. The monoisotopic (exact) mass is 510 g/mol. The van der Waals surface area contributed by atoms with Crippen LogP contribution in [0.4, 0.5) is 10.5 Å². The molecule has 1 aliphatic rings. The second kappa shape index (κ2) is 10.5. The SMILES string of the molecule is C[SiH](C)O[C@]1(CSc2nncs2)C[C@H](C(C)(C)C)CN1C(=O)OCc1ccc([N+](=O)[O-])cc1. The molecule has 0 bridgehead atoms. The van der Waals surface area contributed by atoms with Gasteiger partial charge in [-0.1, -0.05) is 43.9 Å². The molecule has 1 aromatic carbocycles. The summed E-state index contributed by atoms with van der Waals surface area (Å²) in [6, 6.07) is 6.02. The summed E-state index contributed by atoms with van der Waals surface area (Å²) < 4.78 is 13.1. The Morgan fingerprint density at radius 1 is 1.36 bits per heavy atom. The number of hydrogen-bond acceptors (Lipinski definition) is 9. The van der Waals surface area contributed by atoms with Crippen LogP contribution in [-0.2, 0) is 15.8 Å². The van der Waals surface area contributed by atoms with Crippen molar-refractivity contribution in [1.29, 1.82) is 0 Å². The molecule has 0 aliphatic carbocycles. The van der Waals surface area contributed by atoms with Crippen LogP contribution in [0.5, 0.6) is 0 Å². The number of thioether (sulfide) groups is 1. The number of carbonyl (C=O) groups excluding carboxylic acids is 1. The highest BCUT2D eigenvalue weighted by molar-refractivity contribution is 8.01. The van der Waals surface area contributed by atoms with Crippen molar-refractivity contribution in [1.82, 2.24) is 15.1 Å². The highest BCUT2D eigenvalue weighted by atomic mass is 32.2. The molecule has 2 heterocycles. The molecular formula is C21H30N4O5S2Si. The second-order valence-corrected chi connectivity index (χ2v) is 13.9. The quantitative estimate of drug-likeness (QED) is 0.213. The minimum absolute atomic E-state index is 0.000601. The Morgan fingerprint density at radius 3 is 2.61 bits per heavy atom. The van der Waals surface area contributed by atoms with E-state index < -0.39 is 25.8 Å². The number of rotatable bonds is 8. The molecular weight excluding hydrogens is 480 g/mol. The number of benzene rings is 1. The molecule has 2 atom stereocenters. The van der Waals surface area contributed by atoms with Gasteiger partial charge in [-0.2, -0.15) is 0 Å². The highest BCUT2D eigenvalue weighted by Gasteiger charge is 2.52. The number of carbonyl (C=O) groups is 1. The lowest BCUT2D eigenvalue weighted by Gasteiger charge is -2.39. The first-order valence-corrected chi connectivity index (χ1v) is 15.4. The van der Waals surface area contributed by atoms with E-state index in [1.165, 1.54) is 23.5 Å². The Balaban J connectivity index is 1.80. The molecule has 2 aromatic rings. The van der Waals surface area contributed by atoms with Crippen LogP contribution in [0.2, 0.25) is 13.1 Å². The predicted octanol–water partition coefficient (Wildman–Crippen LogP) is 4.94. The highest BCUT2D eigenvalue weighted by Crippen LogP contribution is 2.46. The van der Waals surface area contributed by atoms with E-state index >= 15 is 0 Å². The van der Waals surface area contributed by atoms with Gasteiger partial charge in [0.15, 0.2) is 13.4 Å². The third-order valence-electron chi connectivity index (χ3n) is 5.63. The number of nitro benzene ring substituents is 1. The van der Waals surface area contributed by atoms with Crippen molar-refractivity contribution >= 4 is 43.9 Å². The normalized spacial score (nSPS) is 20.9. The van der Waals surface area contributed by atoms with Crippen LogP contribution in [0.3, 0.4) is 0 Å². The molecule has 0 saturated carbocycles. The van der Waals surface area contributed by atoms with Crippen LogP contribution in [0.25, 0.3) is 0 Å². The van der Waals surface area contributed by atoms with Gasteiger partial charge in [0.1, 0.15) is 17.8 Å². The van der Waals surface area contributed by atoms with E-state index in [1.54, 1.807) is 34.3 Å². The lowest BCUT2D eigenvalue weighted by atomic mass is 9.79. The standard InChI is InChI=1S/C21H30N4O5S2Si/c1-20(2,3)16-10-21(30-33(4)5,13-31-18-23-22-14-32-18)24(11-16)19(26)29-12-15-6-8-17(9-7-15)25(27)28/h6-9,14,16,33H,10-13H2,1-5H3/t16-,21-/m0/s1. The number of nitro groups is 1. The summed E-state index contributed by atoms with van der Waals surface area (Å²) in [5.41, 5.74) is 1.60. The first kappa shape index (κ1) is 25.6. The van der Waals surface area contributed by atoms with Gasteiger partial charge in [-0.05, 0) is 42.1 Å². The number of aromatic nitrogens is 2. The van der Waals surface area contributed by atoms with E-state index in [-0.39, 0.29) is 23.6 Å². The van der Waals surface area contributed by atoms with Crippen molar-refractivity contribution in [2.75, 3.05) is 12.3 Å². The first-order chi connectivity index (χ1) is 15.5. The summed E-state index contributed by atoms with van der Waals surface area (Å²) in [7, 11) is -1.52. The minimum Gasteiger partial charge on any atom is -0.444 e. The molecule has 1 aliphatic heterocycles. The van der Waals surface area contributed by atoms with Crippen LogP contribution in [0, 0.1) is 21.4 Å². The maximum Gasteiger partial charge on any atom is 0.412 e. The Bertz CT molecular complexity index is 953. The average molecular weight is 511 g/mol. The Kier molecular flexibility index (Phi) is 8.14. The van der Waals surface area contributed by atoms with Crippen LogP contribution in [-0.4, -0.2) is 53.2 Å². The molecule has 0 unspecified atom stereocenters. The van der Waals surface area contributed by atoms with E-state index in [0.29, 0.717) is 17.9 Å². The van der Waals surface area contributed by atoms with Crippen LogP contribution in [0.1, 0.15) is 32.8 Å². The van der Waals surface area contributed by atoms with Crippen molar-refractivity contribution in [3.8, 4) is 0 Å². The number of likely N-dealkylation sites (tertiary alicyclic amines) is 1. The lowest BCUT2D eigenvalue weighted by Crippen LogP contribution is -2.53. The van der Waals surface area contributed by atoms with Crippen molar-refractivity contribution in [2.45, 2.75) is 57.0 Å². The molecule has 180 valence electrons. The van der Waals surface area contributed by atoms with E-state index in [4.69, 9.17) is 9.16 Å². The van der Waals surface area contributed by atoms with Gasteiger partial charge in [0.2, 0.25) is 0 Å². The molecule has 1 saturated heterocycles. The topological polar surface area (TPSA) is 108 Å². The van der Waals surface area contributed by atoms with Crippen LogP contribution >= 0.6 is 23.1 Å². The van der Waals surface area contributed by atoms with Crippen molar-refractivity contribution in [3.63, 3.8) is 0 Å². The molecule has 1 fully saturated rings. The van der Waals surface area contributed by atoms with Crippen molar-refractivity contribution in [2.24, 2.45) is 11.3 Å². The third-order valence-corrected chi connectivity index (χ3v) is 8.59. The molecule has 1 amide bonds. The summed E-state index contributed by atoms with van der Waals surface area (Å²) in [5, 5.41) is 18.9. The van der Waals surface area contributed by atoms with Crippen molar-refractivity contribution < 1.29 is 18.9 Å². The number of nitrogens with zero attached hydrogens (tertiary/aromatic N) is 4. The van der Waals surface area contributed by atoms with Gasteiger partial charge in [0.05, 0.1) is 4.92 Å². The van der Waals surface area contributed by atoms with E-state index in [2.05, 4.69) is 44.1 Å². The maximum atomic E-state index is 13.3. The van der Waals surface area contributed by atoms with E-state index in [0.717, 1.165) is 10.8 Å². The smallest absolute Gasteiger partial charge is 0.412 e. The molecule has 0 N–H and O–H groups in total. The molecule has 1 aromatic heterocycles. The number of ether oxygens (including phenoxy) is 1. The Morgan fingerprint density at radius 2 is 2.06 bits per heavy atom. The maximum absolute atomic E-state index is 13.3. The van der Waals surface area contributed by atoms with Gasteiger partial charge >= 0.3 is 6.09 Å². The molecule has 3 rings (SSSR count). The Labute approximate surface area is 203 Å². The van der Waals surface area contributed by atoms with Gasteiger partial charge in [0.25, 0.3) is 5.69 Å². The third kappa shape index (κ3) is 6.52. The van der Waals surface area contributed by atoms with Gasteiger partial charge in [-0.25, -0.2) is 4.79 Å². The number of hydrogen-bond donors (Lipinski definition) is 0. The molecule has 33 heavy (non-hydrogen) atoms. The lowest BCUT2D eigenvalue weighted by molar-refractivity contribution is -0.384. The fourth-order valence-corrected chi connectivity index (χ4v) is 6.78. The summed E-state index contributed by atoms with van der Waals surface area (Å²) >= 11 is 3.01. The number of non-ortho nitro benzene ring substituents is 1. The largest absolute Gasteiger partial charge is 0.444 e. The van der Waals surface area contributed by atoms with Crippen molar-refractivity contribution in [3.05, 3.63) is 45.5 Å². The minimum atomic E-state index is -1.52. The average Bonchev–Trinajstić information content (AvgIpc) is 3.38. The van der Waals surface area contributed by atoms with Gasteiger partial charge < -0.3 is 9.16 Å². The Hall–Kier alpha value is -2.02. The van der Waals surface area contributed by atoms with Gasteiger partial charge in [-0.15, -0.1) is 10.2 Å². The number of amides is 1. The second-order valence-electron chi connectivity index (χ2n) is 9.46.